The normalized spacial score (nSPS) is 13.0. The summed E-state index contributed by atoms with van der Waals surface area (Å²) in [4.78, 5) is 0. The van der Waals surface area contributed by atoms with Crippen molar-refractivity contribution >= 4 is 0 Å². The van der Waals surface area contributed by atoms with Crippen LogP contribution in [-0.2, 0) is 21.7 Å². The standard InChI is InChI=1S/C40H50/c1-37(2,3)31-21-23-33(35(25-31)39(7,8)9)29-17-13-27(14-18-29)28-15-19-30(20-16-28)34-24-22-32(38(4,5)6)26-36(34)40(10,11)12/h13-26H,1-12H3. The van der Waals surface area contributed by atoms with E-state index < -0.39 is 0 Å². The van der Waals surface area contributed by atoms with Gasteiger partial charge in [0.2, 0.25) is 0 Å². The lowest BCUT2D eigenvalue weighted by atomic mass is 9.77. The lowest BCUT2D eigenvalue weighted by Gasteiger charge is -2.28. The minimum absolute atomic E-state index is 0.0715. The summed E-state index contributed by atoms with van der Waals surface area (Å²) in [5.41, 5.74) is 13.7. The van der Waals surface area contributed by atoms with Crippen molar-refractivity contribution in [2.24, 2.45) is 0 Å². The van der Waals surface area contributed by atoms with Crippen LogP contribution in [0.3, 0.4) is 0 Å². The van der Waals surface area contributed by atoms with Crippen LogP contribution in [0, 0.1) is 0 Å². The maximum Gasteiger partial charge on any atom is -0.0126 e. The Labute approximate surface area is 244 Å². The maximum absolute atomic E-state index is 2.42. The summed E-state index contributed by atoms with van der Waals surface area (Å²) >= 11 is 0. The van der Waals surface area contributed by atoms with E-state index in [1.54, 1.807) is 0 Å². The molecule has 0 atom stereocenters. The molecule has 0 unspecified atom stereocenters. The van der Waals surface area contributed by atoms with Crippen LogP contribution >= 0.6 is 0 Å². The van der Waals surface area contributed by atoms with Gasteiger partial charge in [-0.1, -0.05) is 168 Å². The molecule has 0 aliphatic rings. The molecule has 0 amide bonds. The molecule has 0 heteroatoms. The van der Waals surface area contributed by atoms with Gasteiger partial charge in [-0.3, -0.25) is 0 Å². The fraction of sp³-hybridized carbons (Fsp3) is 0.400. The van der Waals surface area contributed by atoms with Gasteiger partial charge in [0.25, 0.3) is 0 Å². The molecule has 210 valence electrons. The third kappa shape index (κ3) is 6.43. The van der Waals surface area contributed by atoms with Gasteiger partial charge in [-0.15, -0.1) is 0 Å². The Morgan fingerprint density at radius 1 is 0.300 bits per heavy atom. The first-order valence-corrected chi connectivity index (χ1v) is 14.9. The summed E-state index contributed by atoms with van der Waals surface area (Å²) < 4.78 is 0. The highest BCUT2D eigenvalue weighted by Gasteiger charge is 2.24. The van der Waals surface area contributed by atoms with Gasteiger partial charge < -0.3 is 0 Å². The molecule has 0 bridgehead atoms. The first-order chi connectivity index (χ1) is 18.4. The fourth-order valence-electron chi connectivity index (χ4n) is 5.45. The van der Waals surface area contributed by atoms with Gasteiger partial charge >= 0.3 is 0 Å². The lowest BCUT2D eigenvalue weighted by molar-refractivity contribution is 0.569. The summed E-state index contributed by atoms with van der Waals surface area (Å²) in [7, 11) is 0. The smallest absolute Gasteiger partial charge is 0.0126 e. The zero-order chi connectivity index (χ0) is 29.7. The molecular formula is C40H50. The Bertz CT molecular complexity index is 1350. The predicted molar refractivity (Wildman–Crippen MR) is 178 cm³/mol. The first kappa shape index (κ1) is 29.9. The van der Waals surface area contributed by atoms with Crippen molar-refractivity contribution < 1.29 is 0 Å². The zero-order valence-corrected chi connectivity index (χ0v) is 27.1. The average Bonchev–Trinajstić information content (AvgIpc) is 2.86. The molecule has 0 nitrogen and oxygen atoms in total. The molecule has 0 radical (unpaired) electrons. The van der Waals surface area contributed by atoms with Gasteiger partial charge in [0.15, 0.2) is 0 Å². The molecule has 0 saturated carbocycles. The van der Waals surface area contributed by atoms with E-state index in [0.717, 1.165) is 0 Å². The zero-order valence-electron chi connectivity index (χ0n) is 27.1. The molecule has 40 heavy (non-hydrogen) atoms. The second kappa shape index (κ2) is 10.4. The molecule has 0 spiro atoms. The van der Waals surface area contributed by atoms with Crippen LogP contribution < -0.4 is 0 Å². The van der Waals surface area contributed by atoms with E-state index in [2.05, 4.69) is 168 Å². The van der Waals surface area contributed by atoms with E-state index in [-0.39, 0.29) is 21.7 Å². The number of benzene rings is 4. The summed E-state index contributed by atoms with van der Waals surface area (Å²) in [6, 6.07) is 32.3. The van der Waals surface area contributed by atoms with Crippen LogP contribution in [0.15, 0.2) is 84.9 Å². The van der Waals surface area contributed by atoms with Crippen LogP contribution in [0.5, 0.6) is 0 Å². The van der Waals surface area contributed by atoms with Gasteiger partial charge in [0, 0.05) is 0 Å². The summed E-state index contributed by atoms with van der Waals surface area (Å²) in [5.74, 6) is 0. The van der Waals surface area contributed by atoms with Crippen LogP contribution in [0.1, 0.15) is 105 Å². The largest absolute Gasteiger partial charge is 0.0579 e. The highest BCUT2D eigenvalue weighted by atomic mass is 14.3. The van der Waals surface area contributed by atoms with Crippen molar-refractivity contribution in [1.29, 1.82) is 0 Å². The summed E-state index contributed by atoms with van der Waals surface area (Å²) in [5, 5.41) is 0. The highest BCUT2D eigenvalue weighted by molar-refractivity contribution is 5.76. The van der Waals surface area contributed by atoms with Crippen LogP contribution in [-0.4, -0.2) is 0 Å². The van der Waals surface area contributed by atoms with E-state index >= 15 is 0 Å². The van der Waals surface area contributed by atoms with Crippen molar-refractivity contribution in [1.82, 2.24) is 0 Å². The molecule has 0 aliphatic carbocycles. The fourth-order valence-corrected chi connectivity index (χ4v) is 5.45. The molecule has 4 aromatic rings. The summed E-state index contributed by atoms with van der Waals surface area (Å²) in [6.45, 7) is 27.6. The number of hydrogen-bond acceptors (Lipinski definition) is 0. The minimum Gasteiger partial charge on any atom is -0.0579 e. The third-order valence-corrected chi connectivity index (χ3v) is 8.11. The van der Waals surface area contributed by atoms with Gasteiger partial charge in [-0.2, -0.15) is 0 Å². The highest BCUT2D eigenvalue weighted by Crippen LogP contribution is 2.39. The Hall–Kier alpha value is -3.12. The second-order valence-corrected chi connectivity index (χ2v) is 15.7. The first-order valence-electron chi connectivity index (χ1n) is 14.9. The van der Waals surface area contributed by atoms with Gasteiger partial charge in [0.1, 0.15) is 0 Å². The van der Waals surface area contributed by atoms with E-state index in [9.17, 15) is 0 Å². The molecule has 0 aliphatic heterocycles. The van der Waals surface area contributed by atoms with Crippen molar-refractivity contribution in [2.75, 3.05) is 0 Å². The molecule has 0 aromatic heterocycles. The SMILES string of the molecule is CC(C)(C)c1ccc(-c2ccc(-c3ccc(-c4ccc(C(C)(C)C)cc4C(C)(C)C)cc3)cc2)c(C(C)(C)C)c1. The summed E-state index contributed by atoms with van der Waals surface area (Å²) in [6.07, 6.45) is 0. The average molecular weight is 531 g/mol. The molecule has 0 heterocycles. The molecule has 4 aromatic carbocycles. The monoisotopic (exact) mass is 530 g/mol. The van der Waals surface area contributed by atoms with Crippen molar-refractivity contribution in [3.8, 4) is 33.4 Å². The molecule has 0 N–H and O–H groups in total. The topological polar surface area (TPSA) is 0 Å². The maximum atomic E-state index is 2.42. The van der Waals surface area contributed by atoms with Crippen LogP contribution in [0.25, 0.3) is 33.4 Å². The van der Waals surface area contributed by atoms with Crippen molar-refractivity contribution in [2.45, 2.75) is 105 Å². The Morgan fingerprint density at radius 2 is 0.575 bits per heavy atom. The Morgan fingerprint density at radius 3 is 0.825 bits per heavy atom. The second-order valence-electron chi connectivity index (χ2n) is 15.7. The third-order valence-electron chi connectivity index (χ3n) is 8.11. The Balaban J connectivity index is 1.67. The van der Waals surface area contributed by atoms with E-state index in [4.69, 9.17) is 0 Å². The van der Waals surface area contributed by atoms with Crippen molar-refractivity contribution in [3.63, 3.8) is 0 Å². The quantitative estimate of drug-likeness (QED) is 0.247. The molecular weight excluding hydrogens is 480 g/mol. The molecule has 0 saturated heterocycles. The van der Waals surface area contributed by atoms with Gasteiger partial charge in [-0.05, 0) is 77.3 Å². The van der Waals surface area contributed by atoms with Crippen LogP contribution in [0.4, 0.5) is 0 Å². The van der Waals surface area contributed by atoms with E-state index in [0.29, 0.717) is 0 Å². The molecule has 0 fully saturated rings. The van der Waals surface area contributed by atoms with Gasteiger partial charge in [0.05, 0.1) is 0 Å². The lowest BCUT2D eigenvalue weighted by Crippen LogP contribution is -2.17. The number of hydrogen-bond donors (Lipinski definition) is 0. The van der Waals surface area contributed by atoms with E-state index in [1.165, 1.54) is 55.6 Å². The van der Waals surface area contributed by atoms with Gasteiger partial charge in [-0.25, -0.2) is 0 Å². The van der Waals surface area contributed by atoms with Crippen LogP contribution in [0.2, 0.25) is 0 Å². The van der Waals surface area contributed by atoms with Crippen molar-refractivity contribution in [3.05, 3.63) is 107 Å². The predicted octanol–water partition coefficient (Wildman–Crippen LogP) is 11.9. The number of rotatable bonds is 3. The van der Waals surface area contributed by atoms with E-state index in [1.807, 2.05) is 0 Å². The minimum atomic E-state index is 0.0715. The Kier molecular flexibility index (Phi) is 7.74. The molecule has 4 rings (SSSR count).